The fourth-order valence-electron chi connectivity index (χ4n) is 4.65. The molecule has 8 heteroatoms. The standard InChI is InChI=1S/C20H16Cl2FN3O2/c21-12-4-2-11(3-5-12)17-16-18(25-9-1-8-24(17)25)20(28)26(19(16)27)13-6-7-14(22)15(23)10-13/h2-7,10,16-18H,1,8-9H2/t16-,17+,18-/m0/s1. The molecule has 3 aliphatic rings. The summed E-state index contributed by atoms with van der Waals surface area (Å²) in [5.41, 5.74) is 1.15. The van der Waals surface area contributed by atoms with Gasteiger partial charge in [0.25, 0.3) is 5.91 Å². The van der Waals surface area contributed by atoms with Crippen molar-refractivity contribution in [1.82, 2.24) is 10.0 Å². The Morgan fingerprint density at radius 1 is 0.893 bits per heavy atom. The van der Waals surface area contributed by atoms with Crippen molar-refractivity contribution in [1.29, 1.82) is 0 Å². The lowest BCUT2D eigenvalue weighted by Crippen LogP contribution is -2.44. The molecule has 0 aliphatic carbocycles. The molecule has 2 aromatic carbocycles. The summed E-state index contributed by atoms with van der Waals surface area (Å²) in [6.07, 6.45) is 0.921. The van der Waals surface area contributed by atoms with E-state index in [1.54, 1.807) is 12.1 Å². The molecule has 0 spiro atoms. The lowest BCUT2D eigenvalue weighted by Gasteiger charge is -2.29. The molecule has 0 bridgehead atoms. The molecule has 3 saturated heterocycles. The van der Waals surface area contributed by atoms with Crippen molar-refractivity contribution in [2.75, 3.05) is 18.0 Å². The Morgan fingerprint density at radius 2 is 1.57 bits per heavy atom. The quantitative estimate of drug-likeness (QED) is 0.696. The van der Waals surface area contributed by atoms with E-state index in [1.165, 1.54) is 12.1 Å². The Kier molecular flexibility index (Phi) is 4.21. The van der Waals surface area contributed by atoms with Crippen LogP contribution in [0.5, 0.6) is 0 Å². The number of hydrogen-bond donors (Lipinski definition) is 0. The number of benzene rings is 2. The van der Waals surface area contributed by atoms with Gasteiger partial charge in [-0.2, -0.15) is 0 Å². The van der Waals surface area contributed by atoms with E-state index in [9.17, 15) is 14.0 Å². The Hall–Kier alpha value is -1.99. The molecule has 28 heavy (non-hydrogen) atoms. The highest BCUT2D eigenvalue weighted by Gasteiger charge is 2.62. The number of carbonyl (C=O) groups is 2. The third-order valence-electron chi connectivity index (χ3n) is 5.78. The van der Waals surface area contributed by atoms with E-state index < -0.39 is 17.8 Å². The number of rotatable bonds is 2. The number of nitrogens with zero attached hydrogens (tertiary/aromatic N) is 3. The van der Waals surface area contributed by atoms with Gasteiger partial charge in [-0.15, -0.1) is 0 Å². The first-order valence-corrected chi connectivity index (χ1v) is 9.84. The number of carbonyl (C=O) groups excluding carboxylic acids is 2. The van der Waals surface area contributed by atoms with Crippen LogP contribution < -0.4 is 4.90 Å². The second-order valence-corrected chi connectivity index (χ2v) is 8.10. The van der Waals surface area contributed by atoms with E-state index in [0.29, 0.717) is 11.6 Å². The number of halogens is 3. The van der Waals surface area contributed by atoms with Gasteiger partial charge in [0, 0.05) is 18.1 Å². The molecule has 2 amide bonds. The van der Waals surface area contributed by atoms with Gasteiger partial charge in [-0.05, 0) is 42.3 Å². The van der Waals surface area contributed by atoms with Gasteiger partial charge < -0.3 is 0 Å². The minimum absolute atomic E-state index is 0.0483. The van der Waals surface area contributed by atoms with Crippen molar-refractivity contribution < 1.29 is 14.0 Å². The van der Waals surface area contributed by atoms with Crippen LogP contribution in [0.4, 0.5) is 10.1 Å². The highest BCUT2D eigenvalue weighted by atomic mass is 35.5. The van der Waals surface area contributed by atoms with Gasteiger partial charge in [0.2, 0.25) is 5.91 Å². The zero-order chi connectivity index (χ0) is 19.6. The average Bonchev–Trinajstić information content (AvgIpc) is 3.31. The zero-order valence-electron chi connectivity index (χ0n) is 14.7. The topological polar surface area (TPSA) is 43.9 Å². The number of hydrazine groups is 1. The summed E-state index contributed by atoms with van der Waals surface area (Å²) in [6, 6.07) is 10.6. The average molecular weight is 420 g/mol. The molecule has 0 unspecified atom stereocenters. The minimum atomic E-state index is -0.658. The normalized spacial score (nSPS) is 27.5. The van der Waals surface area contributed by atoms with Crippen LogP contribution in [0, 0.1) is 11.7 Å². The highest BCUT2D eigenvalue weighted by Crippen LogP contribution is 2.49. The number of amides is 2. The summed E-state index contributed by atoms with van der Waals surface area (Å²) < 4.78 is 14.0. The van der Waals surface area contributed by atoms with Gasteiger partial charge >= 0.3 is 0 Å². The van der Waals surface area contributed by atoms with E-state index in [2.05, 4.69) is 5.01 Å². The van der Waals surface area contributed by atoms with E-state index in [4.69, 9.17) is 23.2 Å². The van der Waals surface area contributed by atoms with Crippen molar-refractivity contribution in [2.45, 2.75) is 18.5 Å². The Bertz CT molecular complexity index is 984. The molecule has 0 aromatic heterocycles. The van der Waals surface area contributed by atoms with E-state index >= 15 is 0 Å². The second kappa shape index (κ2) is 6.52. The predicted octanol–water partition coefficient (Wildman–Crippen LogP) is 3.67. The molecule has 0 saturated carbocycles. The van der Waals surface area contributed by atoms with Crippen LogP contribution in [-0.4, -0.2) is 41.0 Å². The first-order chi connectivity index (χ1) is 13.5. The summed E-state index contributed by atoms with van der Waals surface area (Å²) >= 11 is 11.8. The molecule has 144 valence electrons. The Labute approximate surface area is 171 Å². The monoisotopic (exact) mass is 419 g/mol. The van der Waals surface area contributed by atoms with E-state index in [-0.39, 0.29) is 28.6 Å². The van der Waals surface area contributed by atoms with Crippen molar-refractivity contribution in [2.24, 2.45) is 5.92 Å². The van der Waals surface area contributed by atoms with Crippen LogP contribution >= 0.6 is 23.2 Å². The zero-order valence-corrected chi connectivity index (χ0v) is 16.2. The number of anilines is 1. The summed E-state index contributed by atoms with van der Waals surface area (Å²) in [7, 11) is 0. The van der Waals surface area contributed by atoms with E-state index in [0.717, 1.165) is 29.5 Å². The third-order valence-corrected chi connectivity index (χ3v) is 6.34. The maximum absolute atomic E-state index is 14.0. The summed E-state index contributed by atoms with van der Waals surface area (Å²) in [5, 5.41) is 4.68. The van der Waals surface area contributed by atoms with Gasteiger partial charge in [0.15, 0.2) is 0 Å². The molecule has 3 atom stereocenters. The molecular weight excluding hydrogens is 404 g/mol. The van der Waals surface area contributed by atoms with Gasteiger partial charge in [-0.1, -0.05) is 35.3 Å². The molecule has 3 aliphatic heterocycles. The summed E-state index contributed by atoms with van der Waals surface area (Å²) in [4.78, 5) is 27.7. The maximum atomic E-state index is 14.0. The van der Waals surface area contributed by atoms with Crippen molar-refractivity contribution in [3.63, 3.8) is 0 Å². The Balaban J connectivity index is 1.58. The molecule has 0 N–H and O–H groups in total. The van der Waals surface area contributed by atoms with Crippen molar-refractivity contribution >= 4 is 40.7 Å². The molecule has 5 rings (SSSR count). The molecule has 0 radical (unpaired) electrons. The molecule has 5 nitrogen and oxygen atoms in total. The predicted molar refractivity (Wildman–Crippen MR) is 103 cm³/mol. The summed E-state index contributed by atoms with van der Waals surface area (Å²) in [5.74, 6) is -1.84. The smallest absolute Gasteiger partial charge is 0.253 e. The van der Waals surface area contributed by atoms with Crippen LogP contribution in [0.15, 0.2) is 42.5 Å². The fourth-order valence-corrected chi connectivity index (χ4v) is 4.90. The molecule has 3 heterocycles. The second-order valence-electron chi connectivity index (χ2n) is 7.26. The third kappa shape index (κ3) is 2.52. The first kappa shape index (κ1) is 18.1. The first-order valence-electron chi connectivity index (χ1n) is 9.09. The lowest BCUT2D eigenvalue weighted by atomic mass is 9.90. The van der Waals surface area contributed by atoms with Gasteiger partial charge in [0.05, 0.1) is 22.7 Å². The molecular formula is C20H16Cl2FN3O2. The molecule has 3 fully saturated rings. The minimum Gasteiger partial charge on any atom is -0.274 e. The Morgan fingerprint density at radius 3 is 2.25 bits per heavy atom. The van der Waals surface area contributed by atoms with Crippen LogP contribution in [0.1, 0.15) is 18.0 Å². The van der Waals surface area contributed by atoms with Crippen molar-refractivity contribution in [3.05, 3.63) is 63.9 Å². The van der Waals surface area contributed by atoms with Gasteiger partial charge in [-0.25, -0.2) is 19.3 Å². The van der Waals surface area contributed by atoms with Gasteiger partial charge in [0.1, 0.15) is 11.9 Å². The number of imide groups is 1. The molecule has 2 aromatic rings. The van der Waals surface area contributed by atoms with Crippen LogP contribution in [0.2, 0.25) is 10.0 Å². The largest absolute Gasteiger partial charge is 0.274 e. The highest BCUT2D eigenvalue weighted by molar-refractivity contribution is 6.31. The van der Waals surface area contributed by atoms with Crippen LogP contribution in [-0.2, 0) is 9.59 Å². The van der Waals surface area contributed by atoms with Gasteiger partial charge in [-0.3, -0.25) is 9.59 Å². The SMILES string of the molecule is O=C1[C@@H]2[C@@H](C(=O)N1c1ccc(Cl)c(F)c1)N1CCCN1[C@@H]2c1ccc(Cl)cc1. The van der Waals surface area contributed by atoms with Crippen LogP contribution in [0.25, 0.3) is 0 Å². The van der Waals surface area contributed by atoms with Crippen LogP contribution in [0.3, 0.4) is 0 Å². The van der Waals surface area contributed by atoms with E-state index in [1.807, 2.05) is 17.1 Å². The van der Waals surface area contributed by atoms with Crippen molar-refractivity contribution in [3.8, 4) is 0 Å². The lowest BCUT2D eigenvalue weighted by molar-refractivity contribution is -0.126. The maximum Gasteiger partial charge on any atom is 0.253 e. The number of fused-ring (bicyclic) bond motifs is 3. The fraction of sp³-hybridized carbons (Fsp3) is 0.300. The number of hydrogen-bond acceptors (Lipinski definition) is 4. The summed E-state index contributed by atoms with van der Waals surface area (Å²) in [6.45, 7) is 1.50.